The summed E-state index contributed by atoms with van der Waals surface area (Å²) < 4.78 is 0. The van der Waals surface area contributed by atoms with Gasteiger partial charge in [0.05, 0.1) is 11.7 Å². The first-order chi connectivity index (χ1) is 10.8. The molecule has 0 unspecified atom stereocenters. The summed E-state index contributed by atoms with van der Waals surface area (Å²) in [5.41, 5.74) is -0.350. The lowest BCUT2D eigenvalue weighted by molar-refractivity contribution is -0.206. The fraction of sp³-hybridized carbons (Fsp3) is 0.950. The number of rotatable bonds is 1. The molecule has 4 rings (SSSR count). The number of aliphatic hydroxyl groups excluding tert-OH is 1. The van der Waals surface area contributed by atoms with Gasteiger partial charge < -0.3 is 15.6 Å². The summed E-state index contributed by atoms with van der Waals surface area (Å²) >= 11 is 0. The van der Waals surface area contributed by atoms with Gasteiger partial charge >= 0.3 is 0 Å². The Kier molecular flexibility index (Phi) is 3.53. The van der Waals surface area contributed by atoms with E-state index in [1.165, 1.54) is 12.8 Å². The van der Waals surface area contributed by atoms with Crippen LogP contribution in [0.1, 0.15) is 71.6 Å². The van der Waals surface area contributed by atoms with E-state index in [2.05, 4.69) is 13.8 Å². The summed E-state index contributed by atoms with van der Waals surface area (Å²) in [5.74, 6) is 1.91. The number of hydrogen-bond acceptors (Lipinski definition) is 3. The van der Waals surface area contributed by atoms with Gasteiger partial charge in [0.25, 0.3) is 0 Å². The predicted octanol–water partition coefficient (Wildman–Crippen LogP) is 3.77. The summed E-state index contributed by atoms with van der Waals surface area (Å²) in [7, 11) is 0. The van der Waals surface area contributed by atoms with Crippen LogP contribution >= 0.6 is 0 Å². The van der Waals surface area contributed by atoms with Crippen molar-refractivity contribution in [1.29, 1.82) is 5.41 Å². The molecule has 3 N–H and O–H groups in total. The third-order valence-corrected chi connectivity index (χ3v) is 9.10. The highest BCUT2D eigenvalue weighted by Crippen LogP contribution is 2.68. The minimum absolute atomic E-state index is 0.0900. The molecule has 4 aliphatic carbocycles. The van der Waals surface area contributed by atoms with Crippen molar-refractivity contribution in [3.05, 3.63) is 0 Å². The van der Waals surface area contributed by atoms with E-state index >= 15 is 0 Å². The van der Waals surface area contributed by atoms with Crippen LogP contribution in [0.2, 0.25) is 0 Å². The SMILES string of the molecule is C[C@]12CC[C@H](O)C[C@H]1CC[C@@H]1[C@@H]2CC[C@]2(C)[C@@H](C=N)CC[C@]12O. The van der Waals surface area contributed by atoms with Crippen LogP contribution in [0.3, 0.4) is 0 Å². The Morgan fingerprint density at radius 3 is 2.48 bits per heavy atom. The maximum absolute atomic E-state index is 11.8. The molecule has 4 aliphatic rings. The molecule has 3 heteroatoms. The van der Waals surface area contributed by atoms with Gasteiger partial charge in [-0.05, 0) is 87.2 Å². The molecular formula is C20H33NO2. The summed E-state index contributed by atoms with van der Waals surface area (Å²) in [6.45, 7) is 4.71. The standard InChI is InChI=1S/C20H33NO2/c1-18-8-6-15(22)11-13(18)3-4-17-16(18)7-9-19(2)14(12-21)5-10-20(17,19)23/h12-17,21-23H,3-11H2,1-2H3/t13-,14-,15+,16+,17-,18+,19-,20+/m1/s1. The molecule has 0 spiro atoms. The number of aliphatic hydroxyl groups is 2. The van der Waals surface area contributed by atoms with E-state index in [4.69, 9.17) is 5.41 Å². The molecule has 3 nitrogen and oxygen atoms in total. The van der Waals surface area contributed by atoms with Crippen molar-refractivity contribution < 1.29 is 10.2 Å². The Morgan fingerprint density at radius 1 is 0.957 bits per heavy atom. The normalized spacial score (nSPS) is 58.9. The van der Waals surface area contributed by atoms with Gasteiger partial charge in [-0.15, -0.1) is 0 Å². The van der Waals surface area contributed by atoms with Crippen LogP contribution in [0.15, 0.2) is 0 Å². The highest BCUT2D eigenvalue weighted by atomic mass is 16.3. The second-order valence-electron chi connectivity index (χ2n) is 9.61. The van der Waals surface area contributed by atoms with Crippen molar-refractivity contribution in [3.63, 3.8) is 0 Å². The number of hydrogen-bond donors (Lipinski definition) is 3. The quantitative estimate of drug-likeness (QED) is 0.644. The molecule has 0 aliphatic heterocycles. The highest BCUT2D eigenvalue weighted by Gasteiger charge is 2.66. The maximum Gasteiger partial charge on any atom is 0.0738 e. The van der Waals surface area contributed by atoms with E-state index in [1.54, 1.807) is 6.21 Å². The van der Waals surface area contributed by atoms with E-state index in [0.29, 0.717) is 23.2 Å². The van der Waals surface area contributed by atoms with Crippen LogP contribution in [0, 0.1) is 39.9 Å². The van der Waals surface area contributed by atoms with Gasteiger partial charge in [-0.1, -0.05) is 13.8 Å². The molecule has 4 saturated carbocycles. The number of fused-ring (bicyclic) bond motifs is 5. The van der Waals surface area contributed by atoms with Crippen molar-refractivity contribution in [2.45, 2.75) is 83.3 Å². The Morgan fingerprint density at radius 2 is 1.74 bits per heavy atom. The lowest BCUT2D eigenvalue weighted by atomic mass is 9.43. The van der Waals surface area contributed by atoms with Gasteiger partial charge in [0.15, 0.2) is 0 Å². The fourth-order valence-corrected chi connectivity index (χ4v) is 7.51. The Bertz CT molecular complexity index is 508. The Balaban J connectivity index is 1.68. The van der Waals surface area contributed by atoms with Gasteiger partial charge in [-0.25, -0.2) is 0 Å². The molecule has 0 radical (unpaired) electrons. The van der Waals surface area contributed by atoms with Gasteiger partial charge in [0.2, 0.25) is 0 Å². The third-order valence-electron chi connectivity index (χ3n) is 9.10. The van der Waals surface area contributed by atoms with Gasteiger partial charge in [0.1, 0.15) is 0 Å². The summed E-state index contributed by atoms with van der Waals surface area (Å²) in [4.78, 5) is 0. The molecule has 23 heavy (non-hydrogen) atoms. The average molecular weight is 319 g/mol. The average Bonchev–Trinajstić information content (AvgIpc) is 2.79. The van der Waals surface area contributed by atoms with E-state index in [1.807, 2.05) is 0 Å². The van der Waals surface area contributed by atoms with Crippen molar-refractivity contribution in [2.24, 2.45) is 34.5 Å². The van der Waals surface area contributed by atoms with Crippen molar-refractivity contribution in [3.8, 4) is 0 Å². The molecular weight excluding hydrogens is 286 g/mol. The molecule has 0 aromatic rings. The summed E-state index contributed by atoms with van der Waals surface area (Å²) in [5, 5.41) is 29.7. The highest BCUT2D eigenvalue weighted by molar-refractivity contribution is 5.60. The van der Waals surface area contributed by atoms with E-state index in [-0.39, 0.29) is 17.4 Å². The zero-order valence-corrected chi connectivity index (χ0v) is 14.7. The van der Waals surface area contributed by atoms with Crippen molar-refractivity contribution in [2.75, 3.05) is 0 Å². The molecule has 130 valence electrons. The molecule has 0 amide bonds. The number of nitrogens with one attached hydrogen (secondary N) is 1. The predicted molar refractivity (Wildman–Crippen MR) is 91.5 cm³/mol. The minimum Gasteiger partial charge on any atom is -0.393 e. The smallest absolute Gasteiger partial charge is 0.0738 e. The first-order valence-electron chi connectivity index (χ1n) is 9.76. The minimum atomic E-state index is -0.567. The Labute approximate surface area is 140 Å². The molecule has 0 saturated heterocycles. The Hall–Kier alpha value is -0.410. The molecule has 4 fully saturated rings. The van der Waals surface area contributed by atoms with E-state index in [9.17, 15) is 10.2 Å². The second kappa shape index (κ2) is 5.05. The first-order valence-corrected chi connectivity index (χ1v) is 9.76. The second-order valence-corrected chi connectivity index (χ2v) is 9.61. The van der Waals surface area contributed by atoms with E-state index in [0.717, 1.165) is 44.9 Å². The van der Waals surface area contributed by atoms with Crippen LogP contribution in [0.4, 0.5) is 0 Å². The zero-order chi connectivity index (χ0) is 16.5. The van der Waals surface area contributed by atoms with Gasteiger partial charge in [0, 0.05) is 11.3 Å². The van der Waals surface area contributed by atoms with Crippen LogP contribution in [0.5, 0.6) is 0 Å². The zero-order valence-electron chi connectivity index (χ0n) is 14.7. The summed E-state index contributed by atoms with van der Waals surface area (Å²) in [6, 6.07) is 0. The molecule has 0 aromatic heterocycles. The van der Waals surface area contributed by atoms with Crippen molar-refractivity contribution in [1.82, 2.24) is 0 Å². The van der Waals surface area contributed by atoms with Crippen molar-refractivity contribution >= 4 is 6.21 Å². The van der Waals surface area contributed by atoms with Crippen LogP contribution in [0.25, 0.3) is 0 Å². The lowest BCUT2D eigenvalue weighted by Crippen LogP contribution is -2.62. The summed E-state index contributed by atoms with van der Waals surface area (Å²) in [6.07, 6.45) is 11.0. The van der Waals surface area contributed by atoms with Gasteiger partial charge in [-0.2, -0.15) is 0 Å². The fourth-order valence-electron chi connectivity index (χ4n) is 7.51. The first kappa shape index (κ1) is 16.1. The topological polar surface area (TPSA) is 64.3 Å². The molecule has 0 aromatic carbocycles. The third kappa shape index (κ3) is 1.93. The molecule has 0 bridgehead atoms. The van der Waals surface area contributed by atoms with Crippen LogP contribution in [-0.2, 0) is 0 Å². The molecule has 0 heterocycles. The molecule has 8 atom stereocenters. The lowest BCUT2D eigenvalue weighted by Gasteiger charge is -2.63. The maximum atomic E-state index is 11.8. The van der Waals surface area contributed by atoms with Crippen LogP contribution < -0.4 is 0 Å². The van der Waals surface area contributed by atoms with Crippen LogP contribution in [-0.4, -0.2) is 28.1 Å². The van der Waals surface area contributed by atoms with E-state index < -0.39 is 5.60 Å². The largest absolute Gasteiger partial charge is 0.393 e. The van der Waals surface area contributed by atoms with Gasteiger partial charge in [-0.3, -0.25) is 0 Å². The monoisotopic (exact) mass is 319 g/mol.